The normalized spacial score (nSPS) is 12.7. The lowest BCUT2D eigenvalue weighted by Crippen LogP contribution is -2.29. The molecule has 1 aromatic heterocycles. The predicted octanol–water partition coefficient (Wildman–Crippen LogP) is 3.54. The minimum absolute atomic E-state index is 0.319. The molecular weight excluding hydrogens is 322 g/mol. The minimum atomic E-state index is -0.599. The third-order valence-corrected chi connectivity index (χ3v) is 4.17. The van der Waals surface area contributed by atoms with Gasteiger partial charge in [0.05, 0.1) is 9.83 Å². The molecule has 0 bridgehead atoms. The molecule has 18 heavy (non-hydrogen) atoms. The van der Waals surface area contributed by atoms with Crippen LogP contribution in [0.5, 0.6) is 0 Å². The fourth-order valence-electron chi connectivity index (χ4n) is 1.71. The zero-order chi connectivity index (χ0) is 13.1. The maximum atomic E-state index is 13.2. The molecule has 0 radical (unpaired) electrons. The first-order valence-electron chi connectivity index (χ1n) is 5.25. The summed E-state index contributed by atoms with van der Waals surface area (Å²) in [5, 5.41) is 0. The Bertz CT molecular complexity index is 524. The Hall–Kier alpha value is -0.820. The summed E-state index contributed by atoms with van der Waals surface area (Å²) >= 11 is 4.94. The molecule has 2 rings (SSSR count). The van der Waals surface area contributed by atoms with Crippen molar-refractivity contribution in [2.75, 3.05) is 0 Å². The number of thiophene rings is 1. The van der Waals surface area contributed by atoms with E-state index in [1.54, 1.807) is 11.3 Å². The zero-order valence-corrected chi connectivity index (χ0v) is 11.7. The Morgan fingerprint density at radius 2 is 1.89 bits per heavy atom. The van der Waals surface area contributed by atoms with E-state index in [4.69, 9.17) is 5.84 Å². The van der Waals surface area contributed by atoms with Gasteiger partial charge >= 0.3 is 0 Å². The van der Waals surface area contributed by atoms with Crippen LogP contribution in [0.3, 0.4) is 0 Å². The van der Waals surface area contributed by atoms with E-state index < -0.39 is 11.6 Å². The molecule has 0 aliphatic heterocycles. The van der Waals surface area contributed by atoms with Crippen LogP contribution in [0, 0.1) is 11.6 Å². The van der Waals surface area contributed by atoms with Crippen LogP contribution in [-0.4, -0.2) is 0 Å². The van der Waals surface area contributed by atoms with Crippen LogP contribution in [0.25, 0.3) is 0 Å². The number of halogens is 3. The van der Waals surface area contributed by atoms with Gasteiger partial charge in [-0.3, -0.25) is 11.3 Å². The first-order chi connectivity index (χ1) is 8.58. The van der Waals surface area contributed by atoms with Crippen molar-refractivity contribution in [3.05, 3.63) is 56.2 Å². The SMILES string of the molecule is NNC(Cc1ccc(Br)s1)c1cc(F)cc(F)c1. The smallest absolute Gasteiger partial charge is 0.126 e. The van der Waals surface area contributed by atoms with Crippen LogP contribution >= 0.6 is 27.3 Å². The fraction of sp³-hybridized carbons (Fsp3) is 0.167. The molecule has 0 amide bonds. The zero-order valence-electron chi connectivity index (χ0n) is 9.29. The van der Waals surface area contributed by atoms with Crippen LogP contribution in [0.4, 0.5) is 8.78 Å². The first kappa shape index (κ1) is 13.6. The molecule has 1 aromatic carbocycles. The van der Waals surface area contributed by atoms with Crippen molar-refractivity contribution in [1.82, 2.24) is 5.43 Å². The van der Waals surface area contributed by atoms with Gasteiger partial charge in [0.1, 0.15) is 11.6 Å². The summed E-state index contributed by atoms with van der Waals surface area (Å²) in [6, 6.07) is 6.99. The van der Waals surface area contributed by atoms with E-state index in [-0.39, 0.29) is 6.04 Å². The Morgan fingerprint density at radius 1 is 1.22 bits per heavy atom. The highest BCUT2D eigenvalue weighted by Gasteiger charge is 2.14. The number of hydrazine groups is 1. The second kappa shape index (κ2) is 5.88. The number of benzene rings is 1. The summed E-state index contributed by atoms with van der Waals surface area (Å²) in [7, 11) is 0. The van der Waals surface area contributed by atoms with Crippen LogP contribution in [0.2, 0.25) is 0 Å². The maximum absolute atomic E-state index is 13.2. The second-order valence-electron chi connectivity index (χ2n) is 3.83. The van der Waals surface area contributed by atoms with Crippen LogP contribution < -0.4 is 11.3 Å². The summed E-state index contributed by atoms with van der Waals surface area (Å²) in [6.07, 6.45) is 0.579. The molecular formula is C12H11BrF2N2S. The Kier molecular flexibility index (Phi) is 4.45. The molecule has 6 heteroatoms. The number of nitrogens with two attached hydrogens (primary N) is 1. The topological polar surface area (TPSA) is 38.0 Å². The molecule has 0 spiro atoms. The van der Waals surface area contributed by atoms with Gasteiger partial charge in [-0.15, -0.1) is 11.3 Å². The average Bonchev–Trinajstić information content (AvgIpc) is 2.70. The molecule has 0 aliphatic carbocycles. The van der Waals surface area contributed by atoms with Crippen LogP contribution in [0.1, 0.15) is 16.5 Å². The lowest BCUT2D eigenvalue weighted by Gasteiger charge is -2.15. The molecule has 1 unspecified atom stereocenters. The van der Waals surface area contributed by atoms with E-state index in [1.165, 1.54) is 12.1 Å². The minimum Gasteiger partial charge on any atom is -0.271 e. The van der Waals surface area contributed by atoms with E-state index >= 15 is 0 Å². The highest BCUT2D eigenvalue weighted by Crippen LogP contribution is 2.27. The van der Waals surface area contributed by atoms with Crippen molar-refractivity contribution < 1.29 is 8.78 Å². The highest BCUT2D eigenvalue weighted by molar-refractivity contribution is 9.11. The summed E-state index contributed by atoms with van der Waals surface area (Å²) in [5.41, 5.74) is 3.09. The van der Waals surface area contributed by atoms with Gasteiger partial charge in [0.25, 0.3) is 0 Å². The Labute approximate surface area is 116 Å². The highest BCUT2D eigenvalue weighted by atomic mass is 79.9. The number of nitrogens with one attached hydrogen (secondary N) is 1. The average molecular weight is 333 g/mol. The molecule has 0 aliphatic rings. The largest absolute Gasteiger partial charge is 0.271 e. The third-order valence-electron chi connectivity index (χ3n) is 2.52. The summed E-state index contributed by atoms with van der Waals surface area (Å²) in [4.78, 5) is 1.08. The Morgan fingerprint density at radius 3 is 2.39 bits per heavy atom. The molecule has 0 saturated carbocycles. The fourth-order valence-corrected chi connectivity index (χ4v) is 3.24. The van der Waals surface area contributed by atoms with Gasteiger partial charge in [0.15, 0.2) is 0 Å². The van der Waals surface area contributed by atoms with Gasteiger partial charge in [0, 0.05) is 17.4 Å². The summed E-state index contributed by atoms with van der Waals surface area (Å²) in [5.74, 6) is 4.26. The lowest BCUT2D eigenvalue weighted by molar-refractivity contribution is 0.533. The maximum Gasteiger partial charge on any atom is 0.126 e. The quantitative estimate of drug-likeness (QED) is 0.663. The van der Waals surface area contributed by atoms with Gasteiger partial charge in [-0.05, 0) is 45.8 Å². The van der Waals surface area contributed by atoms with Crippen molar-refractivity contribution in [1.29, 1.82) is 0 Å². The van der Waals surface area contributed by atoms with Gasteiger partial charge < -0.3 is 0 Å². The lowest BCUT2D eigenvalue weighted by atomic mass is 10.0. The Balaban J connectivity index is 2.22. The van der Waals surface area contributed by atoms with Crippen molar-refractivity contribution in [2.24, 2.45) is 5.84 Å². The van der Waals surface area contributed by atoms with Gasteiger partial charge in [0.2, 0.25) is 0 Å². The van der Waals surface area contributed by atoms with E-state index in [9.17, 15) is 8.78 Å². The number of rotatable bonds is 4. The van der Waals surface area contributed by atoms with Crippen molar-refractivity contribution >= 4 is 27.3 Å². The molecule has 96 valence electrons. The third kappa shape index (κ3) is 3.35. The molecule has 2 nitrogen and oxygen atoms in total. The van der Waals surface area contributed by atoms with E-state index in [2.05, 4.69) is 21.4 Å². The molecule has 0 fully saturated rings. The van der Waals surface area contributed by atoms with E-state index in [0.717, 1.165) is 14.7 Å². The van der Waals surface area contributed by atoms with Gasteiger partial charge in [-0.25, -0.2) is 8.78 Å². The van der Waals surface area contributed by atoms with Gasteiger partial charge in [-0.2, -0.15) is 0 Å². The molecule has 3 N–H and O–H groups in total. The van der Waals surface area contributed by atoms with Crippen LogP contribution in [0.15, 0.2) is 34.1 Å². The predicted molar refractivity (Wildman–Crippen MR) is 72.1 cm³/mol. The second-order valence-corrected chi connectivity index (χ2v) is 6.38. The molecule has 2 aromatic rings. The van der Waals surface area contributed by atoms with Gasteiger partial charge in [-0.1, -0.05) is 0 Å². The van der Waals surface area contributed by atoms with Crippen molar-refractivity contribution in [3.8, 4) is 0 Å². The van der Waals surface area contributed by atoms with Crippen molar-refractivity contribution in [3.63, 3.8) is 0 Å². The summed E-state index contributed by atoms with van der Waals surface area (Å²) in [6.45, 7) is 0. The molecule has 0 saturated heterocycles. The standard InChI is InChI=1S/C12H11BrF2N2S/c13-12-2-1-10(18-12)6-11(17-16)7-3-8(14)5-9(15)4-7/h1-5,11,17H,6,16H2. The van der Waals surface area contributed by atoms with Crippen molar-refractivity contribution in [2.45, 2.75) is 12.5 Å². The molecule has 1 heterocycles. The van der Waals surface area contributed by atoms with Crippen LogP contribution in [-0.2, 0) is 6.42 Å². The van der Waals surface area contributed by atoms with E-state index in [0.29, 0.717) is 12.0 Å². The monoisotopic (exact) mass is 332 g/mol. The first-order valence-corrected chi connectivity index (χ1v) is 6.86. The number of hydrogen-bond donors (Lipinski definition) is 2. The molecule has 1 atom stereocenters. The summed E-state index contributed by atoms with van der Waals surface area (Å²) < 4.78 is 27.3. The van der Waals surface area contributed by atoms with E-state index in [1.807, 2.05) is 12.1 Å². The number of hydrogen-bond acceptors (Lipinski definition) is 3.